The molecule has 6 nitrogen and oxygen atoms in total. The summed E-state index contributed by atoms with van der Waals surface area (Å²) in [6.45, 7) is 6.22. The van der Waals surface area contributed by atoms with Crippen LogP contribution in [0, 0.1) is 5.92 Å². The Morgan fingerprint density at radius 3 is 2.67 bits per heavy atom. The van der Waals surface area contributed by atoms with Crippen molar-refractivity contribution in [1.82, 2.24) is 15.0 Å². The number of carboxylic acids is 1. The zero-order valence-corrected chi connectivity index (χ0v) is 10.8. The number of hydrogen-bond acceptors (Lipinski definition) is 5. The predicted octanol–water partition coefficient (Wildman–Crippen LogP) is 1.49. The van der Waals surface area contributed by atoms with Gasteiger partial charge in [-0.3, -0.25) is 9.69 Å². The lowest BCUT2D eigenvalue weighted by Gasteiger charge is -2.28. The second-order valence-electron chi connectivity index (χ2n) is 5.09. The zero-order chi connectivity index (χ0) is 13.1. The molecule has 0 spiro atoms. The molecule has 1 aromatic rings. The van der Waals surface area contributed by atoms with Gasteiger partial charge in [-0.15, -0.1) is 0 Å². The fraction of sp³-hybridized carbons (Fsp3) is 0.750. The third-order valence-corrected chi connectivity index (χ3v) is 3.28. The number of likely N-dealkylation sites (tertiary alicyclic amines) is 1. The highest BCUT2D eigenvalue weighted by Crippen LogP contribution is 2.19. The van der Waals surface area contributed by atoms with Crippen molar-refractivity contribution in [2.75, 3.05) is 13.1 Å². The summed E-state index contributed by atoms with van der Waals surface area (Å²) < 4.78 is 5.15. The zero-order valence-electron chi connectivity index (χ0n) is 10.8. The van der Waals surface area contributed by atoms with Crippen LogP contribution in [-0.2, 0) is 11.3 Å². The largest absolute Gasteiger partial charge is 0.481 e. The number of nitrogens with zero attached hydrogens (tertiary/aromatic N) is 3. The summed E-state index contributed by atoms with van der Waals surface area (Å²) in [6.07, 6.45) is 1.40. The van der Waals surface area contributed by atoms with Crippen molar-refractivity contribution in [2.24, 2.45) is 5.92 Å². The van der Waals surface area contributed by atoms with E-state index in [1.807, 2.05) is 13.8 Å². The van der Waals surface area contributed by atoms with E-state index in [-0.39, 0.29) is 11.8 Å². The van der Waals surface area contributed by atoms with Crippen LogP contribution in [0.15, 0.2) is 4.52 Å². The highest BCUT2D eigenvalue weighted by Gasteiger charge is 2.25. The molecule has 1 N–H and O–H groups in total. The Balaban J connectivity index is 1.85. The van der Waals surface area contributed by atoms with Gasteiger partial charge in [0.05, 0.1) is 12.5 Å². The van der Waals surface area contributed by atoms with Crippen molar-refractivity contribution in [3.63, 3.8) is 0 Å². The van der Waals surface area contributed by atoms with Gasteiger partial charge in [0.1, 0.15) is 0 Å². The molecule has 18 heavy (non-hydrogen) atoms. The molecule has 0 aliphatic carbocycles. The maximum Gasteiger partial charge on any atom is 0.306 e. The highest BCUT2D eigenvalue weighted by molar-refractivity contribution is 5.70. The number of carboxylic acid groups (broad SMARTS) is 1. The summed E-state index contributed by atoms with van der Waals surface area (Å²) in [5, 5.41) is 12.9. The molecule has 100 valence electrons. The van der Waals surface area contributed by atoms with Crippen LogP contribution in [0.3, 0.4) is 0 Å². The fourth-order valence-electron chi connectivity index (χ4n) is 2.10. The summed E-state index contributed by atoms with van der Waals surface area (Å²) in [7, 11) is 0. The molecule has 2 rings (SSSR count). The van der Waals surface area contributed by atoms with Crippen LogP contribution in [0.5, 0.6) is 0 Å². The molecule has 1 aliphatic heterocycles. The normalized spacial score (nSPS) is 18.4. The molecule has 1 aliphatic rings. The van der Waals surface area contributed by atoms with Crippen LogP contribution >= 0.6 is 0 Å². The van der Waals surface area contributed by atoms with Gasteiger partial charge in [0.2, 0.25) is 5.89 Å². The van der Waals surface area contributed by atoms with Gasteiger partial charge in [-0.1, -0.05) is 19.0 Å². The Kier molecular flexibility index (Phi) is 3.96. The number of piperidine rings is 1. The maximum absolute atomic E-state index is 10.8. The topological polar surface area (TPSA) is 79.5 Å². The molecule has 0 atom stereocenters. The lowest BCUT2D eigenvalue weighted by Crippen LogP contribution is -2.36. The molecular weight excluding hydrogens is 234 g/mol. The predicted molar refractivity (Wildman–Crippen MR) is 64.0 cm³/mol. The molecule has 0 saturated carbocycles. The van der Waals surface area contributed by atoms with Crippen molar-refractivity contribution >= 4 is 5.97 Å². The minimum atomic E-state index is -0.684. The van der Waals surface area contributed by atoms with Crippen LogP contribution in [-0.4, -0.2) is 39.2 Å². The number of rotatable bonds is 4. The van der Waals surface area contributed by atoms with Crippen LogP contribution in [0.1, 0.15) is 44.3 Å². The van der Waals surface area contributed by atoms with Crippen molar-refractivity contribution in [1.29, 1.82) is 0 Å². The Morgan fingerprint density at radius 2 is 2.17 bits per heavy atom. The summed E-state index contributed by atoms with van der Waals surface area (Å²) in [6, 6.07) is 0. The van der Waals surface area contributed by atoms with Gasteiger partial charge in [-0.05, 0) is 25.9 Å². The second-order valence-corrected chi connectivity index (χ2v) is 5.09. The minimum Gasteiger partial charge on any atom is -0.481 e. The average molecular weight is 253 g/mol. The molecule has 0 aromatic carbocycles. The molecule has 1 aromatic heterocycles. The van der Waals surface area contributed by atoms with E-state index in [9.17, 15) is 4.79 Å². The first-order chi connectivity index (χ1) is 8.56. The van der Waals surface area contributed by atoms with E-state index in [2.05, 4.69) is 15.0 Å². The second kappa shape index (κ2) is 5.48. The van der Waals surface area contributed by atoms with Crippen molar-refractivity contribution in [3.05, 3.63) is 11.7 Å². The summed E-state index contributed by atoms with van der Waals surface area (Å²) in [5.74, 6) is 0.705. The molecule has 6 heteroatoms. The molecular formula is C12H19N3O3. The minimum absolute atomic E-state index is 0.197. The number of aromatic nitrogens is 2. The molecule has 0 amide bonds. The van der Waals surface area contributed by atoms with E-state index in [0.29, 0.717) is 31.1 Å². The summed E-state index contributed by atoms with van der Waals surface area (Å²) in [5.41, 5.74) is 0. The van der Waals surface area contributed by atoms with E-state index in [0.717, 1.165) is 13.1 Å². The van der Waals surface area contributed by atoms with Gasteiger partial charge in [-0.2, -0.15) is 4.98 Å². The molecule has 0 bridgehead atoms. The van der Waals surface area contributed by atoms with Crippen molar-refractivity contribution < 1.29 is 14.4 Å². The van der Waals surface area contributed by atoms with E-state index >= 15 is 0 Å². The first-order valence-corrected chi connectivity index (χ1v) is 6.34. The van der Waals surface area contributed by atoms with Crippen LogP contribution in [0.4, 0.5) is 0 Å². The number of hydrogen-bond donors (Lipinski definition) is 1. The molecule has 1 saturated heterocycles. The van der Waals surface area contributed by atoms with E-state index in [4.69, 9.17) is 9.63 Å². The van der Waals surface area contributed by atoms with Gasteiger partial charge in [0.25, 0.3) is 0 Å². The van der Waals surface area contributed by atoms with Gasteiger partial charge < -0.3 is 9.63 Å². The molecule has 0 radical (unpaired) electrons. The van der Waals surface area contributed by atoms with Crippen molar-refractivity contribution in [3.8, 4) is 0 Å². The maximum atomic E-state index is 10.8. The van der Waals surface area contributed by atoms with Crippen LogP contribution in [0.2, 0.25) is 0 Å². The lowest BCUT2D eigenvalue weighted by atomic mass is 9.97. The summed E-state index contributed by atoms with van der Waals surface area (Å²) in [4.78, 5) is 17.3. The Bertz CT molecular complexity index is 408. The van der Waals surface area contributed by atoms with Crippen LogP contribution < -0.4 is 0 Å². The average Bonchev–Trinajstić information content (AvgIpc) is 2.78. The van der Waals surface area contributed by atoms with Gasteiger partial charge in [0, 0.05) is 5.92 Å². The van der Waals surface area contributed by atoms with Crippen molar-refractivity contribution in [2.45, 2.75) is 39.2 Å². The number of aliphatic carboxylic acids is 1. The SMILES string of the molecule is CC(C)c1nc(CN2CCC(C(=O)O)CC2)no1. The highest BCUT2D eigenvalue weighted by atomic mass is 16.5. The fourth-order valence-corrected chi connectivity index (χ4v) is 2.10. The summed E-state index contributed by atoms with van der Waals surface area (Å²) >= 11 is 0. The molecule has 1 fully saturated rings. The Labute approximate surface area is 106 Å². The quantitative estimate of drug-likeness (QED) is 0.875. The third-order valence-electron chi connectivity index (χ3n) is 3.28. The monoisotopic (exact) mass is 253 g/mol. The van der Waals surface area contributed by atoms with E-state index < -0.39 is 5.97 Å². The van der Waals surface area contributed by atoms with Gasteiger partial charge in [-0.25, -0.2) is 0 Å². The lowest BCUT2D eigenvalue weighted by molar-refractivity contribution is -0.143. The first-order valence-electron chi connectivity index (χ1n) is 6.34. The van der Waals surface area contributed by atoms with E-state index in [1.165, 1.54) is 0 Å². The first kappa shape index (κ1) is 13.0. The third kappa shape index (κ3) is 3.07. The van der Waals surface area contributed by atoms with Gasteiger partial charge in [0.15, 0.2) is 5.82 Å². The molecule has 0 unspecified atom stereocenters. The van der Waals surface area contributed by atoms with Crippen LogP contribution in [0.25, 0.3) is 0 Å². The molecule has 2 heterocycles. The number of carbonyl (C=O) groups is 1. The van der Waals surface area contributed by atoms with Gasteiger partial charge >= 0.3 is 5.97 Å². The Morgan fingerprint density at radius 1 is 1.50 bits per heavy atom. The standard InChI is InChI=1S/C12H19N3O3/c1-8(2)11-13-10(14-18-11)7-15-5-3-9(4-6-15)12(16)17/h8-9H,3-7H2,1-2H3,(H,16,17). The Hall–Kier alpha value is -1.43. The smallest absolute Gasteiger partial charge is 0.306 e. The van der Waals surface area contributed by atoms with E-state index in [1.54, 1.807) is 0 Å².